The molecule has 2 rings (SSSR count). The number of nitrogens with two attached hydrogens (primary N) is 1. The third-order valence-electron chi connectivity index (χ3n) is 3.18. The van der Waals surface area contributed by atoms with Crippen LogP contribution in [0.4, 0.5) is 0 Å². The van der Waals surface area contributed by atoms with Gasteiger partial charge in [0.2, 0.25) is 0 Å². The fourth-order valence-corrected chi connectivity index (χ4v) is 5.92. The van der Waals surface area contributed by atoms with E-state index < -0.39 is 12.0 Å². The summed E-state index contributed by atoms with van der Waals surface area (Å²) in [5, 5.41) is 18.3. The number of alkyl halides is 2. The van der Waals surface area contributed by atoms with Crippen molar-refractivity contribution in [1.82, 2.24) is 0 Å². The molecule has 1 atom stereocenters. The van der Waals surface area contributed by atoms with Crippen molar-refractivity contribution < 1.29 is 19.7 Å². The molecule has 0 saturated carbocycles. The summed E-state index contributed by atoms with van der Waals surface area (Å²) in [5.74, 6) is 0.634. The molecule has 5 nitrogen and oxygen atoms in total. The van der Waals surface area contributed by atoms with Gasteiger partial charge in [0.15, 0.2) is 0 Å². The first kappa shape index (κ1) is 23.0. The number of halogens is 3. The van der Waals surface area contributed by atoms with Gasteiger partial charge in [0.25, 0.3) is 0 Å². The fraction of sp³-hybridized carbons (Fsp3) is 0.267. The van der Waals surface area contributed by atoms with Crippen LogP contribution in [-0.4, -0.2) is 53.2 Å². The predicted molar refractivity (Wildman–Crippen MR) is 121 cm³/mol. The van der Waals surface area contributed by atoms with Gasteiger partial charge in [0.05, 0.1) is 3.58 Å². The van der Waals surface area contributed by atoms with Gasteiger partial charge in [-0.2, -0.15) is 0 Å². The molecule has 0 fully saturated rings. The second-order valence-corrected chi connectivity index (χ2v) is 12.0. The molecule has 0 spiro atoms. The molecule has 0 heterocycles. The number of phenols is 1. The predicted octanol–water partition coefficient (Wildman–Crippen LogP) is 3.47. The van der Waals surface area contributed by atoms with Crippen molar-refractivity contribution in [3.63, 3.8) is 0 Å². The number of carboxylic acids is 1. The van der Waals surface area contributed by atoms with Crippen LogP contribution < -0.4 is 10.5 Å². The van der Waals surface area contributed by atoms with Crippen molar-refractivity contribution in [2.45, 2.75) is 20.3 Å². The fourth-order valence-electron chi connectivity index (χ4n) is 2.09. The standard InChI is InChI=1S/C15H14I3NO4.Na.H/c16-11-5-8(6-12(19)14(21)22)7-15(17,18)13(11)23-10-3-1-9(20)2-4-10;;/h1-5,12,20H,6-7,19H2,(H,21,22);;/t12-;;/m0../s1. The maximum absolute atomic E-state index is 10.9. The van der Waals surface area contributed by atoms with E-state index in [1.165, 1.54) is 0 Å². The monoisotopic (exact) mass is 677 g/mol. The zero-order chi connectivity index (χ0) is 17.2. The van der Waals surface area contributed by atoms with E-state index in [2.05, 4.69) is 67.8 Å². The Kier molecular flexibility index (Phi) is 9.32. The van der Waals surface area contributed by atoms with Gasteiger partial charge in [0.1, 0.15) is 24.7 Å². The number of hydrogen-bond donors (Lipinski definition) is 3. The minimum absolute atomic E-state index is 0. The van der Waals surface area contributed by atoms with Gasteiger partial charge in [-0.1, -0.05) is 50.8 Å². The minimum atomic E-state index is -0.997. The normalized spacial score (nSPS) is 17.6. The van der Waals surface area contributed by atoms with Crippen molar-refractivity contribution in [2.24, 2.45) is 5.73 Å². The van der Waals surface area contributed by atoms with E-state index in [1.54, 1.807) is 24.3 Å². The molecule has 0 saturated heterocycles. The van der Waals surface area contributed by atoms with Crippen molar-refractivity contribution in [2.75, 3.05) is 0 Å². The van der Waals surface area contributed by atoms with E-state index in [0.29, 0.717) is 18.6 Å². The molecule has 9 heteroatoms. The molecule has 1 aromatic rings. The van der Waals surface area contributed by atoms with Gasteiger partial charge in [-0.25, -0.2) is 0 Å². The second-order valence-electron chi connectivity index (χ2n) is 5.11. The number of carbonyl (C=O) groups is 1. The zero-order valence-electron chi connectivity index (χ0n) is 11.8. The van der Waals surface area contributed by atoms with Gasteiger partial charge in [-0.3, -0.25) is 4.79 Å². The van der Waals surface area contributed by atoms with E-state index in [4.69, 9.17) is 15.6 Å². The molecule has 1 aliphatic carbocycles. The van der Waals surface area contributed by atoms with Crippen LogP contribution in [0.15, 0.2) is 45.3 Å². The average molecular weight is 677 g/mol. The van der Waals surface area contributed by atoms with Crippen LogP contribution in [0.2, 0.25) is 0 Å². The Morgan fingerprint density at radius 2 is 1.92 bits per heavy atom. The second kappa shape index (κ2) is 9.74. The summed E-state index contributed by atoms with van der Waals surface area (Å²) in [5.41, 5.74) is 6.63. The van der Waals surface area contributed by atoms with Crippen molar-refractivity contribution in [3.05, 3.63) is 45.3 Å². The van der Waals surface area contributed by atoms with Crippen molar-refractivity contribution in [3.8, 4) is 11.5 Å². The van der Waals surface area contributed by atoms with E-state index in [1.807, 2.05) is 6.08 Å². The molecule has 1 aliphatic rings. The van der Waals surface area contributed by atoms with Gasteiger partial charge in [0, 0.05) is 0 Å². The van der Waals surface area contributed by atoms with Crippen LogP contribution >= 0.6 is 67.8 Å². The van der Waals surface area contributed by atoms with Crippen molar-refractivity contribution in [1.29, 1.82) is 0 Å². The molecule has 0 radical (unpaired) electrons. The first-order valence-electron chi connectivity index (χ1n) is 6.62. The Morgan fingerprint density at radius 3 is 2.42 bits per heavy atom. The number of aromatic hydroxyl groups is 1. The van der Waals surface area contributed by atoms with Crippen LogP contribution in [0.25, 0.3) is 0 Å². The first-order chi connectivity index (χ1) is 10.7. The molecule has 1 aromatic carbocycles. The summed E-state index contributed by atoms with van der Waals surface area (Å²) >= 11 is 6.79. The van der Waals surface area contributed by atoms with Gasteiger partial charge < -0.3 is 20.7 Å². The number of rotatable bonds is 5. The van der Waals surface area contributed by atoms with Gasteiger partial charge in [-0.05, 0) is 65.8 Å². The number of hydrogen-bond acceptors (Lipinski definition) is 4. The molecule has 0 aromatic heterocycles. The zero-order valence-corrected chi connectivity index (χ0v) is 18.3. The average Bonchev–Trinajstić information content (AvgIpc) is 2.44. The van der Waals surface area contributed by atoms with Crippen LogP contribution in [0.3, 0.4) is 0 Å². The number of allylic oxidation sites excluding steroid dienone is 3. The number of phenolic OH excluding ortho intramolecular Hbond substituents is 1. The summed E-state index contributed by atoms with van der Waals surface area (Å²) in [6.07, 6.45) is 2.92. The summed E-state index contributed by atoms with van der Waals surface area (Å²) < 4.78 is 6.58. The summed E-state index contributed by atoms with van der Waals surface area (Å²) in [6.45, 7) is 0. The Balaban J connectivity index is 0.00000288. The summed E-state index contributed by atoms with van der Waals surface area (Å²) in [4.78, 5) is 10.9. The van der Waals surface area contributed by atoms with E-state index >= 15 is 0 Å². The van der Waals surface area contributed by atoms with E-state index in [-0.39, 0.29) is 36.7 Å². The molecule has 0 aliphatic heterocycles. The Labute approximate surface area is 203 Å². The number of aliphatic carboxylic acids is 1. The first-order valence-corrected chi connectivity index (χ1v) is 9.85. The Hall–Kier alpha value is 0.920. The van der Waals surface area contributed by atoms with Crippen LogP contribution in [0.1, 0.15) is 12.8 Å². The van der Waals surface area contributed by atoms with Crippen LogP contribution in [0, 0.1) is 0 Å². The molecule has 24 heavy (non-hydrogen) atoms. The number of carboxylic acid groups (broad SMARTS) is 1. The van der Waals surface area contributed by atoms with Crippen molar-refractivity contribution >= 4 is 103 Å². The Bertz CT molecular complexity index is 674. The van der Waals surface area contributed by atoms with E-state index in [0.717, 1.165) is 14.9 Å². The van der Waals surface area contributed by atoms with E-state index in [9.17, 15) is 9.90 Å². The van der Waals surface area contributed by atoms with Gasteiger partial charge in [-0.15, -0.1) is 0 Å². The molecule has 126 valence electrons. The Morgan fingerprint density at radius 1 is 1.33 bits per heavy atom. The molecule has 0 unspecified atom stereocenters. The number of ether oxygens (including phenoxy) is 1. The van der Waals surface area contributed by atoms with Crippen LogP contribution in [-0.2, 0) is 4.79 Å². The third kappa shape index (κ3) is 6.27. The molecule has 0 bridgehead atoms. The molecule has 0 amide bonds. The molecular weight excluding hydrogens is 662 g/mol. The quantitative estimate of drug-likeness (QED) is 0.253. The van der Waals surface area contributed by atoms with Crippen LogP contribution in [0.5, 0.6) is 11.5 Å². The molecule has 4 N–H and O–H groups in total. The topological polar surface area (TPSA) is 92.8 Å². The SMILES string of the molecule is N[C@@H](CC1=CC(I)=C(Oc2ccc(O)cc2)C(I)(I)C1)C(=O)O.[NaH]. The van der Waals surface area contributed by atoms with Gasteiger partial charge >= 0.3 is 35.5 Å². The number of benzene rings is 1. The molecular formula is C15H15I3NNaO4. The summed E-state index contributed by atoms with van der Waals surface area (Å²) in [6, 6.07) is 5.65. The maximum atomic E-state index is 10.9. The summed E-state index contributed by atoms with van der Waals surface area (Å²) in [7, 11) is 0. The third-order valence-corrected chi connectivity index (χ3v) is 5.73.